The molecule has 4 heterocycles. The van der Waals surface area contributed by atoms with Gasteiger partial charge in [0.25, 0.3) is 0 Å². The zero-order chi connectivity index (χ0) is 19.9. The first kappa shape index (κ1) is 19.2. The molecule has 3 saturated heterocycles. The van der Waals surface area contributed by atoms with Crippen LogP contribution >= 0.6 is 0 Å². The molecule has 0 N–H and O–H groups in total. The van der Waals surface area contributed by atoms with Gasteiger partial charge in [-0.3, -0.25) is 9.80 Å². The van der Waals surface area contributed by atoms with Crippen LogP contribution in [0.4, 0.5) is 4.79 Å². The van der Waals surface area contributed by atoms with Gasteiger partial charge in [0.2, 0.25) is 0 Å². The number of carbonyl (C=O) groups is 2. The van der Waals surface area contributed by atoms with Crippen LogP contribution in [0.25, 0.3) is 0 Å². The monoisotopic (exact) mass is 386 g/mol. The number of benzene rings is 1. The first-order valence-corrected chi connectivity index (χ1v) is 10.3. The SMILES string of the molecule is CC(C)(C)OC(=O)N1CCc2ccccc2C1C(=O)O[C@H]1CN2CCC1CC2. The van der Waals surface area contributed by atoms with E-state index in [1.807, 2.05) is 45.0 Å². The van der Waals surface area contributed by atoms with Crippen LogP contribution in [-0.4, -0.2) is 59.7 Å². The van der Waals surface area contributed by atoms with Gasteiger partial charge >= 0.3 is 12.1 Å². The average Bonchev–Trinajstić information content (AvgIpc) is 2.66. The Balaban J connectivity index is 1.57. The maximum absolute atomic E-state index is 13.3. The molecule has 1 amide bonds. The number of ether oxygens (including phenoxy) is 2. The van der Waals surface area contributed by atoms with Crippen molar-refractivity contribution in [1.82, 2.24) is 9.80 Å². The van der Waals surface area contributed by atoms with Crippen LogP contribution in [0.1, 0.15) is 50.8 Å². The van der Waals surface area contributed by atoms with Crippen molar-refractivity contribution in [2.45, 2.75) is 57.8 Å². The molecular weight excluding hydrogens is 356 g/mol. The fourth-order valence-corrected chi connectivity index (χ4v) is 4.60. The second kappa shape index (κ2) is 7.39. The molecular formula is C22H30N2O4. The van der Waals surface area contributed by atoms with Gasteiger partial charge in [-0.05, 0) is 70.2 Å². The molecule has 152 valence electrons. The van der Waals surface area contributed by atoms with Crippen molar-refractivity contribution in [2.75, 3.05) is 26.2 Å². The highest BCUT2D eigenvalue weighted by Gasteiger charge is 2.42. The molecule has 0 aliphatic carbocycles. The summed E-state index contributed by atoms with van der Waals surface area (Å²) in [6.45, 7) is 8.95. The summed E-state index contributed by atoms with van der Waals surface area (Å²) >= 11 is 0. The van der Waals surface area contributed by atoms with Crippen molar-refractivity contribution in [1.29, 1.82) is 0 Å². The Hall–Kier alpha value is -2.08. The summed E-state index contributed by atoms with van der Waals surface area (Å²) in [7, 11) is 0. The summed E-state index contributed by atoms with van der Waals surface area (Å²) in [5.41, 5.74) is 1.34. The average molecular weight is 386 g/mol. The normalized spacial score (nSPS) is 29.2. The van der Waals surface area contributed by atoms with Gasteiger partial charge in [-0.15, -0.1) is 0 Å². The molecule has 0 radical (unpaired) electrons. The molecule has 5 rings (SSSR count). The van der Waals surface area contributed by atoms with Crippen molar-refractivity contribution in [2.24, 2.45) is 5.92 Å². The Bertz CT molecular complexity index is 749. The number of nitrogens with zero attached hydrogens (tertiary/aromatic N) is 2. The molecule has 3 fully saturated rings. The zero-order valence-corrected chi connectivity index (χ0v) is 17.0. The van der Waals surface area contributed by atoms with Gasteiger partial charge in [0, 0.05) is 13.1 Å². The summed E-state index contributed by atoms with van der Waals surface area (Å²) < 4.78 is 11.6. The number of amides is 1. The van der Waals surface area contributed by atoms with E-state index in [1.54, 1.807) is 0 Å². The van der Waals surface area contributed by atoms with Crippen LogP contribution in [0, 0.1) is 5.92 Å². The number of rotatable bonds is 2. The van der Waals surface area contributed by atoms with Crippen LogP contribution in [0.2, 0.25) is 0 Å². The minimum absolute atomic E-state index is 0.0791. The van der Waals surface area contributed by atoms with Crippen LogP contribution in [0.3, 0.4) is 0 Å². The lowest BCUT2D eigenvalue weighted by atomic mass is 9.85. The van der Waals surface area contributed by atoms with Crippen molar-refractivity contribution >= 4 is 12.1 Å². The molecule has 0 aromatic heterocycles. The molecule has 1 aromatic rings. The fraction of sp³-hybridized carbons (Fsp3) is 0.636. The predicted octanol–water partition coefficient (Wildman–Crippen LogP) is 3.16. The Morgan fingerprint density at radius 1 is 1.07 bits per heavy atom. The molecule has 0 saturated carbocycles. The van der Waals surface area contributed by atoms with Gasteiger partial charge in [-0.1, -0.05) is 24.3 Å². The van der Waals surface area contributed by atoms with Crippen LogP contribution in [-0.2, 0) is 20.7 Å². The maximum Gasteiger partial charge on any atom is 0.411 e. The van der Waals surface area contributed by atoms with Crippen LogP contribution in [0.15, 0.2) is 24.3 Å². The highest BCUT2D eigenvalue weighted by Crippen LogP contribution is 2.35. The van der Waals surface area contributed by atoms with E-state index in [2.05, 4.69) is 4.90 Å². The molecule has 6 heteroatoms. The lowest BCUT2D eigenvalue weighted by Gasteiger charge is -2.45. The quantitative estimate of drug-likeness (QED) is 0.731. The number of carbonyl (C=O) groups excluding carboxylic acids is 2. The van der Waals surface area contributed by atoms with Gasteiger partial charge in [0.15, 0.2) is 6.04 Å². The minimum Gasteiger partial charge on any atom is -0.459 e. The van der Waals surface area contributed by atoms with E-state index < -0.39 is 17.7 Å². The summed E-state index contributed by atoms with van der Waals surface area (Å²) in [6.07, 6.45) is 2.32. The van der Waals surface area contributed by atoms with E-state index in [1.165, 1.54) is 4.90 Å². The van der Waals surface area contributed by atoms with Crippen molar-refractivity contribution in [3.05, 3.63) is 35.4 Å². The fourth-order valence-electron chi connectivity index (χ4n) is 4.60. The molecule has 4 aliphatic rings. The van der Waals surface area contributed by atoms with Crippen molar-refractivity contribution in [3.8, 4) is 0 Å². The third-order valence-corrected chi connectivity index (χ3v) is 6.00. The predicted molar refractivity (Wildman–Crippen MR) is 105 cm³/mol. The van der Waals surface area contributed by atoms with Crippen LogP contribution in [0.5, 0.6) is 0 Å². The lowest BCUT2D eigenvalue weighted by molar-refractivity contribution is -0.165. The van der Waals surface area contributed by atoms with Gasteiger partial charge in [-0.2, -0.15) is 0 Å². The number of hydrogen-bond donors (Lipinski definition) is 0. The highest BCUT2D eigenvalue weighted by molar-refractivity contribution is 5.84. The summed E-state index contributed by atoms with van der Waals surface area (Å²) in [5, 5.41) is 0. The van der Waals surface area contributed by atoms with E-state index in [-0.39, 0.29) is 12.1 Å². The zero-order valence-electron chi connectivity index (χ0n) is 17.0. The Labute approximate surface area is 166 Å². The van der Waals surface area contributed by atoms with E-state index in [9.17, 15) is 9.59 Å². The summed E-state index contributed by atoms with van der Waals surface area (Å²) in [4.78, 5) is 30.0. The molecule has 2 atom stereocenters. The third kappa shape index (κ3) is 3.88. The Kier molecular flexibility index (Phi) is 5.08. The largest absolute Gasteiger partial charge is 0.459 e. The van der Waals surface area contributed by atoms with E-state index in [0.29, 0.717) is 18.9 Å². The second-order valence-electron chi connectivity index (χ2n) is 9.14. The van der Waals surface area contributed by atoms with E-state index in [4.69, 9.17) is 9.47 Å². The standard InChI is InChI=1S/C22H30N2O4/c1-22(2,3)28-21(26)24-13-10-15-6-4-5-7-17(15)19(24)20(25)27-18-14-23-11-8-16(18)9-12-23/h4-7,16,18-19H,8-14H2,1-3H3/t18-,19?/m0/s1. The number of hydrogen-bond acceptors (Lipinski definition) is 5. The maximum atomic E-state index is 13.3. The van der Waals surface area contributed by atoms with Gasteiger partial charge < -0.3 is 9.47 Å². The van der Waals surface area contributed by atoms with Gasteiger partial charge in [-0.25, -0.2) is 9.59 Å². The first-order chi connectivity index (χ1) is 13.3. The summed E-state index contributed by atoms with van der Waals surface area (Å²) in [6, 6.07) is 7.09. The van der Waals surface area contributed by atoms with Gasteiger partial charge in [0.1, 0.15) is 11.7 Å². The topological polar surface area (TPSA) is 59.1 Å². The molecule has 6 nitrogen and oxygen atoms in total. The highest BCUT2D eigenvalue weighted by atomic mass is 16.6. The third-order valence-electron chi connectivity index (χ3n) is 6.00. The van der Waals surface area contributed by atoms with Crippen molar-refractivity contribution < 1.29 is 19.1 Å². The molecule has 1 aromatic carbocycles. The molecule has 0 spiro atoms. The Morgan fingerprint density at radius 3 is 2.43 bits per heavy atom. The Morgan fingerprint density at radius 2 is 1.79 bits per heavy atom. The number of piperidine rings is 3. The number of esters is 1. The van der Waals surface area contributed by atoms with E-state index >= 15 is 0 Å². The molecule has 1 unspecified atom stereocenters. The molecule has 2 bridgehead atoms. The van der Waals surface area contributed by atoms with Crippen LogP contribution < -0.4 is 0 Å². The smallest absolute Gasteiger partial charge is 0.411 e. The molecule has 4 aliphatic heterocycles. The minimum atomic E-state index is -0.741. The van der Waals surface area contributed by atoms with Gasteiger partial charge in [0.05, 0.1) is 0 Å². The number of fused-ring (bicyclic) bond motifs is 4. The first-order valence-electron chi connectivity index (χ1n) is 10.3. The molecule has 28 heavy (non-hydrogen) atoms. The second-order valence-corrected chi connectivity index (χ2v) is 9.14. The van der Waals surface area contributed by atoms with E-state index in [0.717, 1.165) is 43.6 Å². The van der Waals surface area contributed by atoms with Crippen molar-refractivity contribution in [3.63, 3.8) is 0 Å². The summed E-state index contributed by atoms with van der Waals surface area (Å²) in [5.74, 6) is 0.0968. The lowest BCUT2D eigenvalue weighted by Crippen LogP contribution is -2.53.